The fraction of sp³-hybridized carbons (Fsp3) is 0.312. The molecule has 1 aliphatic heterocycles. The Morgan fingerprint density at radius 2 is 2.33 bits per heavy atom. The Kier molecular flexibility index (Phi) is 5.15. The summed E-state index contributed by atoms with van der Waals surface area (Å²) in [6.45, 7) is 0.0814. The second-order valence-corrected chi connectivity index (χ2v) is 7.03. The average molecular weight is 411 g/mol. The molecular formula is C16H15BrN2O4S. The number of methoxy groups -OCH3 is 1. The van der Waals surface area contributed by atoms with Gasteiger partial charge in [0, 0.05) is 16.3 Å². The normalized spacial score (nSPS) is 16.8. The summed E-state index contributed by atoms with van der Waals surface area (Å²) in [6.07, 6.45) is 0.846. The van der Waals surface area contributed by atoms with E-state index in [1.165, 1.54) is 11.3 Å². The predicted octanol–water partition coefficient (Wildman–Crippen LogP) is 2.90. The van der Waals surface area contributed by atoms with Gasteiger partial charge in [0.05, 0.1) is 18.4 Å². The van der Waals surface area contributed by atoms with E-state index in [0.29, 0.717) is 18.5 Å². The number of amides is 1. The molecule has 1 N–H and O–H groups in total. The van der Waals surface area contributed by atoms with Gasteiger partial charge in [-0.3, -0.25) is 4.79 Å². The van der Waals surface area contributed by atoms with Crippen LogP contribution in [0.3, 0.4) is 0 Å². The van der Waals surface area contributed by atoms with Crippen molar-refractivity contribution in [2.24, 2.45) is 0 Å². The van der Waals surface area contributed by atoms with E-state index in [2.05, 4.69) is 26.2 Å². The van der Waals surface area contributed by atoms with Crippen molar-refractivity contribution in [3.8, 4) is 16.3 Å². The van der Waals surface area contributed by atoms with Gasteiger partial charge >= 0.3 is 5.97 Å². The minimum absolute atomic E-state index is 0.0814. The van der Waals surface area contributed by atoms with E-state index in [1.807, 2.05) is 23.6 Å². The Balaban J connectivity index is 1.67. The van der Waals surface area contributed by atoms with Crippen molar-refractivity contribution in [3.63, 3.8) is 0 Å². The van der Waals surface area contributed by atoms with Gasteiger partial charge in [0.25, 0.3) is 0 Å². The van der Waals surface area contributed by atoms with Crippen LogP contribution in [-0.4, -0.2) is 30.0 Å². The van der Waals surface area contributed by atoms with Gasteiger partial charge in [0.2, 0.25) is 5.91 Å². The van der Waals surface area contributed by atoms with Crippen molar-refractivity contribution in [3.05, 3.63) is 33.7 Å². The molecule has 0 saturated carbocycles. The summed E-state index contributed by atoms with van der Waals surface area (Å²) in [4.78, 5) is 27.5. The molecule has 1 fully saturated rings. The first-order valence-electron chi connectivity index (χ1n) is 7.31. The number of nitrogens with zero attached hydrogens (tertiary/aromatic N) is 1. The zero-order chi connectivity index (χ0) is 17.1. The average Bonchev–Trinajstić information content (AvgIpc) is 3.21. The maximum Gasteiger partial charge on any atom is 0.329 e. The highest BCUT2D eigenvalue weighted by atomic mass is 79.9. The maximum absolute atomic E-state index is 11.9. The molecule has 6 nitrogen and oxygen atoms in total. The van der Waals surface area contributed by atoms with Crippen LogP contribution in [-0.2, 0) is 20.9 Å². The van der Waals surface area contributed by atoms with Crippen molar-refractivity contribution < 1.29 is 19.1 Å². The molecule has 1 aromatic carbocycles. The van der Waals surface area contributed by atoms with Crippen LogP contribution in [0.5, 0.6) is 5.75 Å². The van der Waals surface area contributed by atoms with E-state index >= 15 is 0 Å². The third-order valence-electron chi connectivity index (χ3n) is 3.59. The third kappa shape index (κ3) is 3.76. The molecule has 3 rings (SSSR count). The highest BCUT2D eigenvalue weighted by Crippen LogP contribution is 2.34. The van der Waals surface area contributed by atoms with E-state index in [0.717, 1.165) is 20.8 Å². The first-order chi connectivity index (χ1) is 11.6. The van der Waals surface area contributed by atoms with Crippen LogP contribution in [0.1, 0.15) is 18.5 Å². The molecule has 1 aromatic heterocycles. The Bertz CT molecular complexity index is 777. The van der Waals surface area contributed by atoms with Crippen LogP contribution in [0.15, 0.2) is 28.1 Å². The smallest absolute Gasteiger partial charge is 0.329 e. The molecule has 1 aliphatic rings. The zero-order valence-electron chi connectivity index (χ0n) is 12.9. The number of carbonyl (C=O) groups excluding carboxylic acids is 2. The van der Waals surface area contributed by atoms with Gasteiger partial charge in [-0.1, -0.05) is 15.9 Å². The van der Waals surface area contributed by atoms with Crippen LogP contribution in [0, 0.1) is 0 Å². The number of hydrogen-bond donors (Lipinski definition) is 1. The van der Waals surface area contributed by atoms with Gasteiger partial charge < -0.3 is 14.8 Å². The maximum atomic E-state index is 11.9. The lowest BCUT2D eigenvalue weighted by atomic mass is 10.2. The summed E-state index contributed by atoms with van der Waals surface area (Å²) in [5.41, 5.74) is 1.53. The monoisotopic (exact) mass is 410 g/mol. The Labute approximate surface area is 151 Å². The molecule has 2 heterocycles. The topological polar surface area (TPSA) is 77.5 Å². The number of thiazole rings is 1. The molecule has 126 valence electrons. The fourth-order valence-electron chi connectivity index (χ4n) is 2.38. The second kappa shape index (κ2) is 7.31. The van der Waals surface area contributed by atoms with E-state index in [-0.39, 0.29) is 12.5 Å². The first-order valence-corrected chi connectivity index (χ1v) is 8.98. The lowest BCUT2D eigenvalue weighted by molar-refractivity contribution is -0.147. The first kappa shape index (κ1) is 16.9. The predicted molar refractivity (Wildman–Crippen MR) is 92.8 cm³/mol. The molecular weight excluding hydrogens is 396 g/mol. The molecule has 24 heavy (non-hydrogen) atoms. The van der Waals surface area contributed by atoms with Crippen molar-refractivity contribution in [2.45, 2.75) is 25.5 Å². The number of halogens is 1. The molecule has 0 radical (unpaired) electrons. The van der Waals surface area contributed by atoms with Gasteiger partial charge in [0.15, 0.2) is 0 Å². The van der Waals surface area contributed by atoms with Crippen LogP contribution in [0.4, 0.5) is 0 Å². The summed E-state index contributed by atoms with van der Waals surface area (Å²) in [7, 11) is 1.61. The van der Waals surface area contributed by atoms with Gasteiger partial charge in [-0.25, -0.2) is 9.78 Å². The minimum Gasteiger partial charge on any atom is -0.496 e. The Morgan fingerprint density at radius 3 is 3.04 bits per heavy atom. The molecule has 1 saturated heterocycles. The van der Waals surface area contributed by atoms with Crippen LogP contribution in [0.2, 0.25) is 0 Å². The highest BCUT2D eigenvalue weighted by Gasteiger charge is 2.28. The van der Waals surface area contributed by atoms with Crippen molar-refractivity contribution in [1.82, 2.24) is 10.3 Å². The van der Waals surface area contributed by atoms with E-state index in [1.54, 1.807) is 7.11 Å². The molecule has 1 atom stereocenters. The number of ether oxygens (including phenoxy) is 2. The lowest BCUT2D eigenvalue weighted by Crippen LogP contribution is -2.34. The zero-order valence-corrected chi connectivity index (χ0v) is 15.3. The van der Waals surface area contributed by atoms with Gasteiger partial charge in [-0.2, -0.15) is 0 Å². The minimum atomic E-state index is -0.541. The molecule has 0 spiro atoms. The summed E-state index contributed by atoms with van der Waals surface area (Å²) >= 11 is 4.89. The van der Waals surface area contributed by atoms with E-state index in [4.69, 9.17) is 9.47 Å². The molecule has 0 aliphatic carbocycles. The lowest BCUT2D eigenvalue weighted by Gasteiger charge is -2.09. The second-order valence-electron chi connectivity index (χ2n) is 5.26. The van der Waals surface area contributed by atoms with Crippen molar-refractivity contribution >= 4 is 39.1 Å². The Hall–Kier alpha value is -1.93. The van der Waals surface area contributed by atoms with Crippen LogP contribution >= 0.6 is 27.3 Å². The summed E-state index contributed by atoms with van der Waals surface area (Å²) in [5, 5.41) is 5.22. The number of benzene rings is 1. The largest absolute Gasteiger partial charge is 0.496 e. The molecule has 0 bridgehead atoms. The van der Waals surface area contributed by atoms with E-state index < -0.39 is 12.0 Å². The number of nitrogens with one attached hydrogen (secondary N) is 1. The third-order valence-corrected chi connectivity index (χ3v) is 5.00. The summed E-state index contributed by atoms with van der Waals surface area (Å²) in [6, 6.07) is 5.15. The van der Waals surface area contributed by atoms with E-state index in [9.17, 15) is 9.59 Å². The number of esters is 1. The SMILES string of the molecule is COc1ccc(Br)cc1-c1nc(COC(=O)[C@@H]2CCC(=O)N2)cs1. The fourth-order valence-corrected chi connectivity index (χ4v) is 3.57. The summed E-state index contributed by atoms with van der Waals surface area (Å²) in [5.74, 6) is 0.190. The molecule has 8 heteroatoms. The number of rotatable bonds is 5. The quantitative estimate of drug-likeness (QED) is 0.766. The van der Waals surface area contributed by atoms with Gasteiger partial charge in [-0.05, 0) is 24.6 Å². The van der Waals surface area contributed by atoms with Gasteiger partial charge in [-0.15, -0.1) is 11.3 Å². The standard InChI is InChI=1S/C16H15BrN2O4S/c1-22-13-4-2-9(17)6-11(13)15-18-10(8-24-15)7-23-16(21)12-3-5-14(20)19-12/h2,4,6,8,12H,3,5,7H2,1H3,(H,19,20)/t12-/m0/s1. The Morgan fingerprint density at radius 1 is 1.50 bits per heavy atom. The van der Waals surface area contributed by atoms with Gasteiger partial charge in [0.1, 0.15) is 23.4 Å². The van der Waals surface area contributed by atoms with Crippen LogP contribution in [0.25, 0.3) is 10.6 Å². The number of hydrogen-bond acceptors (Lipinski definition) is 6. The molecule has 0 unspecified atom stereocenters. The van der Waals surface area contributed by atoms with Crippen molar-refractivity contribution in [2.75, 3.05) is 7.11 Å². The number of carbonyl (C=O) groups is 2. The van der Waals surface area contributed by atoms with Crippen molar-refractivity contribution in [1.29, 1.82) is 0 Å². The molecule has 2 aromatic rings. The number of aromatic nitrogens is 1. The van der Waals surface area contributed by atoms with Crippen LogP contribution < -0.4 is 10.1 Å². The highest BCUT2D eigenvalue weighted by molar-refractivity contribution is 9.10. The molecule has 1 amide bonds. The summed E-state index contributed by atoms with van der Waals surface area (Å²) < 4.78 is 11.5.